The third kappa shape index (κ3) is 4.30. The van der Waals surface area contributed by atoms with Gasteiger partial charge in [-0.15, -0.1) is 0 Å². The lowest BCUT2D eigenvalue weighted by atomic mass is 10.1. The van der Waals surface area contributed by atoms with E-state index >= 15 is 0 Å². The number of methoxy groups -OCH3 is 1. The molecule has 0 amide bonds. The smallest absolute Gasteiger partial charge is 0.212 e. The Morgan fingerprint density at radius 2 is 2.29 bits per heavy atom. The van der Waals surface area contributed by atoms with Crippen LogP contribution in [0.3, 0.4) is 0 Å². The summed E-state index contributed by atoms with van der Waals surface area (Å²) in [6.45, 7) is 2.69. The first-order valence-electron chi connectivity index (χ1n) is 5.78. The first kappa shape index (κ1) is 13.9. The molecule has 5 nitrogen and oxygen atoms in total. The minimum absolute atomic E-state index is 0.0509. The molecule has 0 spiro atoms. The van der Waals surface area contributed by atoms with E-state index in [0.29, 0.717) is 18.8 Å². The summed E-state index contributed by atoms with van der Waals surface area (Å²) in [6, 6.07) is 4.03. The number of hydrogen-bond donors (Lipinski definition) is 3. The van der Waals surface area contributed by atoms with Crippen molar-refractivity contribution >= 4 is 0 Å². The van der Waals surface area contributed by atoms with Gasteiger partial charge in [0.25, 0.3) is 0 Å². The predicted molar refractivity (Wildman–Crippen MR) is 66.9 cm³/mol. The third-order valence-corrected chi connectivity index (χ3v) is 2.65. The number of nitrogens with two attached hydrogens (primary N) is 1. The molecule has 0 saturated carbocycles. The summed E-state index contributed by atoms with van der Waals surface area (Å²) in [6.07, 6.45) is 2.47. The number of aromatic nitrogens is 1. The van der Waals surface area contributed by atoms with Crippen LogP contribution in [0.5, 0.6) is 5.88 Å². The molecule has 0 aliphatic heterocycles. The van der Waals surface area contributed by atoms with Gasteiger partial charge in [-0.25, -0.2) is 4.98 Å². The SMILES string of the molecule is COc1ccc(C(CN)NC(C)CCO)cn1. The van der Waals surface area contributed by atoms with Crippen LogP contribution in [0.25, 0.3) is 0 Å². The second kappa shape index (κ2) is 7.21. The summed E-state index contributed by atoms with van der Waals surface area (Å²) in [5.74, 6) is 0.591. The molecule has 0 aliphatic carbocycles. The highest BCUT2D eigenvalue weighted by Gasteiger charge is 2.12. The molecule has 0 radical (unpaired) electrons. The van der Waals surface area contributed by atoms with Gasteiger partial charge in [0.15, 0.2) is 0 Å². The van der Waals surface area contributed by atoms with E-state index in [1.165, 1.54) is 0 Å². The molecule has 5 heteroatoms. The number of aliphatic hydroxyl groups excluding tert-OH is 1. The van der Waals surface area contributed by atoms with E-state index < -0.39 is 0 Å². The van der Waals surface area contributed by atoms with E-state index in [-0.39, 0.29) is 18.7 Å². The van der Waals surface area contributed by atoms with Crippen LogP contribution in [-0.2, 0) is 0 Å². The van der Waals surface area contributed by atoms with Gasteiger partial charge in [0.1, 0.15) is 0 Å². The van der Waals surface area contributed by atoms with Crippen molar-refractivity contribution in [3.63, 3.8) is 0 Å². The van der Waals surface area contributed by atoms with E-state index in [1.54, 1.807) is 13.3 Å². The van der Waals surface area contributed by atoms with Crippen molar-refractivity contribution in [2.75, 3.05) is 20.3 Å². The topological polar surface area (TPSA) is 80.4 Å². The number of nitrogens with one attached hydrogen (secondary N) is 1. The number of ether oxygens (including phenoxy) is 1. The fourth-order valence-electron chi connectivity index (χ4n) is 1.64. The van der Waals surface area contributed by atoms with Gasteiger partial charge in [0.05, 0.1) is 7.11 Å². The van der Waals surface area contributed by atoms with Crippen LogP contribution in [0.1, 0.15) is 24.9 Å². The number of pyridine rings is 1. The lowest BCUT2D eigenvalue weighted by Gasteiger charge is -2.21. The first-order valence-corrected chi connectivity index (χ1v) is 5.78. The molecule has 4 N–H and O–H groups in total. The van der Waals surface area contributed by atoms with Gasteiger partial charge in [0.2, 0.25) is 5.88 Å². The molecular formula is C12H21N3O2. The molecule has 2 unspecified atom stereocenters. The zero-order valence-corrected chi connectivity index (χ0v) is 10.4. The minimum Gasteiger partial charge on any atom is -0.481 e. The Bertz CT molecular complexity index is 316. The van der Waals surface area contributed by atoms with Gasteiger partial charge in [-0.2, -0.15) is 0 Å². The molecule has 1 heterocycles. The monoisotopic (exact) mass is 239 g/mol. The van der Waals surface area contributed by atoms with Gasteiger partial charge >= 0.3 is 0 Å². The summed E-state index contributed by atoms with van der Waals surface area (Å²) < 4.78 is 5.01. The maximum absolute atomic E-state index is 8.86. The number of hydrogen-bond acceptors (Lipinski definition) is 5. The Balaban J connectivity index is 2.65. The highest BCUT2D eigenvalue weighted by Crippen LogP contribution is 2.15. The van der Waals surface area contributed by atoms with E-state index in [0.717, 1.165) is 5.56 Å². The second-order valence-corrected chi connectivity index (χ2v) is 4.00. The van der Waals surface area contributed by atoms with Crippen molar-refractivity contribution in [1.82, 2.24) is 10.3 Å². The molecule has 0 fully saturated rings. The summed E-state index contributed by atoms with van der Waals surface area (Å²) in [7, 11) is 1.59. The molecule has 1 rings (SSSR count). The molecule has 1 aromatic heterocycles. The summed E-state index contributed by atoms with van der Waals surface area (Å²) in [5, 5.41) is 12.2. The average molecular weight is 239 g/mol. The maximum atomic E-state index is 8.86. The van der Waals surface area contributed by atoms with Crippen molar-refractivity contribution < 1.29 is 9.84 Å². The van der Waals surface area contributed by atoms with Crippen LogP contribution in [0.4, 0.5) is 0 Å². The molecule has 96 valence electrons. The van der Waals surface area contributed by atoms with Crippen molar-refractivity contribution in [2.24, 2.45) is 5.73 Å². The zero-order valence-electron chi connectivity index (χ0n) is 10.4. The van der Waals surface area contributed by atoms with Crippen LogP contribution in [0, 0.1) is 0 Å². The molecular weight excluding hydrogens is 218 g/mol. The summed E-state index contributed by atoms with van der Waals surface area (Å²) in [4.78, 5) is 4.15. The Morgan fingerprint density at radius 3 is 2.76 bits per heavy atom. The van der Waals surface area contributed by atoms with Crippen LogP contribution in [0.15, 0.2) is 18.3 Å². The lowest BCUT2D eigenvalue weighted by molar-refractivity contribution is 0.263. The van der Waals surface area contributed by atoms with Crippen LogP contribution < -0.4 is 15.8 Å². The highest BCUT2D eigenvalue weighted by atomic mass is 16.5. The van der Waals surface area contributed by atoms with Crippen molar-refractivity contribution in [3.8, 4) is 5.88 Å². The highest BCUT2D eigenvalue weighted by molar-refractivity contribution is 5.21. The standard InChI is InChI=1S/C12H21N3O2/c1-9(5-6-16)15-11(7-13)10-3-4-12(17-2)14-8-10/h3-4,8-9,11,15-16H,5-7,13H2,1-2H3. The normalized spacial score (nSPS) is 14.4. The molecule has 17 heavy (non-hydrogen) atoms. The average Bonchev–Trinajstić information content (AvgIpc) is 2.36. The van der Waals surface area contributed by atoms with Crippen LogP contribution >= 0.6 is 0 Å². The van der Waals surface area contributed by atoms with Crippen LogP contribution in [-0.4, -0.2) is 36.4 Å². The summed E-state index contributed by atoms with van der Waals surface area (Å²) >= 11 is 0. The van der Waals surface area contributed by atoms with E-state index in [4.69, 9.17) is 15.6 Å². The van der Waals surface area contributed by atoms with Crippen molar-refractivity contribution in [2.45, 2.75) is 25.4 Å². The Hall–Kier alpha value is -1.17. The quantitative estimate of drug-likeness (QED) is 0.644. The molecule has 0 saturated heterocycles. The fourth-order valence-corrected chi connectivity index (χ4v) is 1.64. The number of aliphatic hydroxyl groups is 1. The fraction of sp³-hybridized carbons (Fsp3) is 0.583. The van der Waals surface area contributed by atoms with Gasteiger partial charge in [-0.1, -0.05) is 6.07 Å². The van der Waals surface area contributed by atoms with Crippen LogP contribution in [0.2, 0.25) is 0 Å². The van der Waals surface area contributed by atoms with E-state index in [2.05, 4.69) is 10.3 Å². The van der Waals surface area contributed by atoms with E-state index in [1.807, 2.05) is 19.1 Å². The van der Waals surface area contributed by atoms with Gasteiger partial charge in [0, 0.05) is 37.5 Å². The molecule has 0 bridgehead atoms. The maximum Gasteiger partial charge on any atom is 0.212 e. The van der Waals surface area contributed by atoms with Gasteiger partial charge in [-0.05, 0) is 18.9 Å². The second-order valence-electron chi connectivity index (χ2n) is 4.00. The van der Waals surface area contributed by atoms with Gasteiger partial charge < -0.3 is 20.9 Å². The molecule has 2 atom stereocenters. The summed E-state index contributed by atoms with van der Waals surface area (Å²) in [5.41, 5.74) is 6.76. The largest absolute Gasteiger partial charge is 0.481 e. The molecule has 0 aromatic carbocycles. The Morgan fingerprint density at radius 1 is 1.53 bits per heavy atom. The number of rotatable bonds is 7. The van der Waals surface area contributed by atoms with E-state index in [9.17, 15) is 0 Å². The first-order chi connectivity index (χ1) is 8.21. The van der Waals surface area contributed by atoms with Crippen molar-refractivity contribution in [3.05, 3.63) is 23.9 Å². The van der Waals surface area contributed by atoms with Crippen molar-refractivity contribution in [1.29, 1.82) is 0 Å². The zero-order chi connectivity index (χ0) is 12.7. The molecule has 0 aliphatic rings. The lowest BCUT2D eigenvalue weighted by Crippen LogP contribution is -2.35. The number of nitrogens with zero attached hydrogens (tertiary/aromatic N) is 1. The minimum atomic E-state index is 0.0509. The van der Waals surface area contributed by atoms with Gasteiger partial charge in [-0.3, -0.25) is 0 Å². The predicted octanol–water partition coefficient (Wildman–Crippen LogP) is 0.450. The molecule has 1 aromatic rings. The third-order valence-electron chi connectivity index (χ3n) is 2.65. The Kier molecular flexibility index (Phi) is 5.90. The Labute approximate surface area is 102 Å².